The lowest BCUT2D eigenvalue weighted by Crippen LogP contribution is -2.19. The first kappa shape index (κ1) is 17.9. The second-order valence-electron chi connectivity index (χ2n) is 7.24. The van der Waals surface area contributed by atoms with Crippen LogP contribution in [0, 0.1) is 5.92 Å². The number of pyridine rings is 1. The van der Waals surface area contributed by atoms with Gasteiger partial charge < -0.3 is 14.7 Å². The van der Waals surface area contributed by atoms with Crippen LogP contribution >= 0.6 is 0 Å². The summed E-state index contributed by atoms with van der Waals surface area (Å²) in [4.78, 5) is 17.8. The highest BCUT2D eigenvalue weighted by atomic mass is 32.2. The van der Waals surface area contributed by atoms with E-state index in [4.69, 9.17) is 4.74 Å². The Balaban J connectivity index is 1.71. The highest BCUT2D eigenvalue weighted by Gasteiger charge is 2.20. The third-order valence-electron chi connectivity index (χ3n) is 5.24. The molecule has 2 heterocycles. The summed E-state index contributed by atoms with van der Waals surface area (Å²) in [6, 6.07) is 6.86. The molecule has 7 heteroatoms. The molecule has 1 aliphatic carbocycles. The number of fused-ring (bicyclic) bond motifs is 1. The van der Waals surface area contributed by atoms with Gasteiger partial charge in [0.25, 0.3) is 5.56 Å². The van der Waals surface area contributed by atoms with Gasteiger partial charge in [-0.3, -0.25) is 4.79 Å². The van der Waals surface area contributed by atoms with Crippen molar-refractivity contribution in [1.82, 2.24) is 9.97 Å². The number of rotatable bonds is 6. The van der Waals surface area contributed by atoms with Crippen LogP contribution in [0.2, 0.25) is 0 Å². The smallest absolute Gasteiger partial charge is 0.272 e. The van der Waals surface area contributed by atoms with Crippen molar-refractivity contribution in [3.63, 3.8) is 0 Å². The van der Waals surface area contributed by atoms with Crippen LogP contribution in [0.15, 0.2) is 46.3 Å². The molecule has 2 N–H and O–H groups in total. The van der Waals surface area contributed by atoms with Gasteiger partial charge in [0.05, 0.1) is 11.5 Å². The molecule has 0 aliphatic heterocycles. The number of H-pyrrole nitrogens is 2. The maximum Gasteiger partial charge on any atom is 0.272 e. The molecular weight excluding hydrogens is 364 g/mol. The van der Waals surface area contributed by atoms with E-state index in [1.807, 2.05) is 6.07 Å². The fourth-order valence-electron chi connectivity index (χ4n) is 3.41. The van der Waals surface area contributed by atoms with Crippen LogP contribution in [0.3, 0.4) is 0 Å². The molecule has 0 atom stereocenters. The predicted octanol–water partition coefficient (Wildman–Crippen LogP) is 3.03. The molecule has 0 radical (unpaired) electrons. The molecule has 0 bridgehead atoms. The highest BCUT2D eigenvalue weighted by molar-refractivity contribution is 7.90. The number of hydrogen-bond donors (Lipinski definition) is 2. The topological polar surface area (TPSA) is 92.0 Å². The van der Waals surface area contributed by atoms with Crippen molar-refractivity contribution in [2.75, 3.05) is 12.9 Å². The molecule has 4 rings (SSSR count). The van der Waals surface area contributed by atoms with Gasteiger partial charge in [-0.25, -0.2) is 8.42 Å². The molecule has 27 heavy (non-hydrogen) atoms. The fourth-order valence-corrected chi connectivity index (χ4v) is 4.08. The van der Waals surface area contributed by atoms with Crippen LogP contribution in [0.25, 0.3) is 10.9 Å². The van der Waals surface area contributed by atoms with E-state index in [1.54, 1.807) is 30.6 Å². The monoisotopic (exact) mass is 386 g/mol. The molecule has 1 fully saturated rings. The molecule has 6 nitrogen and oxygen atoms in total. The minimum Gasteiger partial charge on any atom is -0.493 e. The summed E-state index contributed by atoms with van der Waals surface area (Å²) in [5, 5.41) is 0.827. The Hall–Kier alpha value is -2.54. The first-order chi connectivity index (χ1) is 12.9. The van der Waals surface area contributed by atoms with Gasteiger partial charge in [0.1, 0.15) is 11.3 Å². The normalized spacial score (nSPS) is 15.0. The first-order valence-electron chi connectivity index (χ1n) is 9.05. The number of sulfone groups is 1. The van der Waals surface area contributed by atoms with Crippen LogP contribution in [-0.4, -0.2) is 31.2 Å². The minimum absolute atomic E-state index is 0.176. The van der Waals surface area contributed by atoms with Crippen LogP contribution in [-0.2, 0) is 16.3 Å². The zero-order chi connectivity index (χ0) is 19.0. The average molecular weight is 386 g/mol. The van der Waals surface area contributed by atoms with E-state index >= 15 is 0 Å². The van der Waals surface area contributed by atoms with E-state index in [9.17, 15) is 13.2 Å². The second-order valence-corrected chi connectivity index (χ2v) is 9.25. The van der Waals surface area contributed by atoms with E-state index in [1.165, 1.54) is 25.5 Å². The Bertz CT molecular complexity index is 1140. The summed E-state index contributed by atoms with van der Waals surface area (Å²) in [5.74, 6) is 1.28. The van der Waals surface area contributed by atoms with Crippen molar-refractivity contribution in [2.24, 2.45) is 5.92 Å². The van der Waals surface area contributed by atoms with Crippen molar-refractivity contribution in [1.29, 1.82) is 0 Å². The lowest BCUT2D eigenvalue weighted by molar-refractivity contribution is 0.179. The van der Waals surface area contributed by atoms with Crippen LogP contribution < -0.4 is 10.3 Å². The van der Waals surface area contributed by atoms with E-state index in [0.717, 1.165) is 16.5 Å². The molecule has 0 spiro atoms. The summed E-state index contributed by atoms with van der Waals surface area (Å²) < 4.78 is 30.0. The second kappa shape index (κ2) is 6.88. The standard InChI is InChI=1S/C20H22N2O4S/c1-27(24,25)16-5-6-18(26-12-13-3-2-4-13)14(10-16)9-15-11-22-19-17(15)7-8-21-20(19)23/h5-8,10-11,13,22H,2-4,9,12H2,1H3,(H,21,23). The molecule has 0 unspecified atom stereocenters. The van der Waals surface area contributed by atoms with Crippen molar-refractivity contribution >= 4 is 20.7 Å². The number of nitrogens with one attached hydrogen (secondary N) is 2. The van der Waals surface area contributed by atoms with Gasteiger partial charge in [0, 0.05) is 30.5 Å². The van der Waals surface area contributed by atoms with E-state index in [-0.39, 0.29) is 10.5 Å². The Morgan fingerprint density at radius 3 is 2.67 bits per heavy atom. The van der Waals surface area contributed by atoms with Gasteiger partial charge in [-0.1, -0.05) is 6.42 Å². The van der Waals surface area contributed by atoms with Crippen LogP contribution in [0.1, 0.15) is 30.4 Å². The lowest BCUT2D eigenvalue weighted by atomic mass is 9.86. The zero-order valence-corrected chi connectivity index (χ0v) is 15.9. The highest BCUT2D eigenvalue weighted by Crippen LogP contribution is 2.31. The summed E-state index contributed by atoms with van der Waals surface area (Å²) in [6.07, 6.45) is 8.70. The molecule has 142 valence electrons. The van der Waals surface area contributed by atoms with Gasteiger partial charge in [0.15, 0.2) is 9.84 Å². The van der Waals surface area contributed by atoms with Gasteiger partial charge in [0.2, 0.25) is 0 Å². The van der Waals surface area contributed by atoms with Gasteiger partial charge in [-0.05, 0) is 54.2 Å². The van der Waals surface area contributed by atoms with Crippen molar-refractivity contribution in [3.05, 3.63) is 58.1 Å². The molecule has 2 aromatic heterocycles. The lowest BCUT2D eigenvalue weighted by Gasteiger charge is -2.25. The maximum atomic E-state index is 12.0. The molecule has 1 saturated carbocycles. The Kier molecular flexibility index (Phi) is 4.55. The van der Waals surface area contributed by atoms with Crippen LogP contribution in [0.5, 0.6) is 5.75 Å². The van der Waals surface area contributed by atoms with Gasteiger partial charge in [-0.15, -0.1) is 0 Å². The van der Waals surface area contributed by atoms with Crippen molar-refractivity contribution in [2.45, 2.75) is 30.6 Å². The largest absolute Gasteiger partial charge is 0.493 e. The minimum atomic E-state index is -3.31. The Morgan fingerprint density at radius 1 is 1.15 bits per heavy atom. The van der Waals surface area contributed by atoms with E-state index in [2.05, 4.69) is 9.97 Å². The zero-order valence-electron chi connectivity index (χ0n) is 15.1. The third-order valence-corrected chi connectivity index (χ3v) is 6.35. The average Bonchev–Trinajstić information content (AvgIpc) is 2.98. The van der Waals surface area contributed by atoms with E-state index in [0.29, 0.717) is 30.2 Å². The first-order valence-corrected chi connectivity index (χ1v) is 10.9. The SMILES string of the molecule is CS(=O)(=O)c1ccc(OCC2CCC2)c(Cc2c[nH]c3c(=O)[nH]ccc23)c1. The quantitative estimate of drug-likeness (QED) is 0.681. The predicted molar refractivity (Wildman–Crippen MR) is 104 cm³/mol. The molecule has 0 amide bonds. The fraction of sp³-hybridized carbons (Fsp3) is 0.350. The van der Waals surface area contributed by atoms with Crippen molar-refractivity contribution < 1.29 is 13.2 Å². The number of aromatic nitrogens is 2. The molecule has 1 aliphatic rings. The number of ether oxygens (including phenoxy) is 1. The van der Waals surface area contributed by atoms with Crippen LogP contribution in [0.4, 0.5) is 0 Å². The number of hydrogen-bond acceptors (Lipinski definition) is 4. The molecular formula is C20H22N2O4S. The molecule has 0 saturated heterocycles. The summed E-state index contributed by atoms with van der Waals surface area (Å²) in [6.45, 7) is 0.652. The number of aromatic amines is 2. The molecule has 3 aromatic rings. The maximum absolute atomic E-state index is 12.0. The van der Waals surface area contributed by atoms with Gasteiger partial charge >= 0.3 is 0 Å². The van der Waals surface area contributed by atoms with E-state index < -0.39 is 9.84 Å². The summed E-state index contributed by atoms with van der Waals surface area (Å²) in [5.41, 5.74) is 2.07. The Labute approximate surface area is 157 Å². The van der Waals surface area contributed by atoms with Crippen molar-refractivity contribution in [3.8, 4) is 5.75 Å². The number of benzene rings is 1. The Morgan fingerprint density at radius 2 is 1.96 bits per heavy atom. The molecule has 1 aromatic carbocycles. The van der Waals surface area contributed by atoms with Gasteiger partial charge in [-0.2, -0.15) is 0 Å². The summed E-state index contributed by atoms with van der Waals surface area (Å²) >= 11 is 0. The summed E-state index contributed by atoms with van der Waals surface area (Å²) in [7, 11) is -3.31. The third kappa shape index (κ3) is 3.64.